The standard InChI is InChI=1S/C19H25N/c1-5-17-6-8-19(9-7-17)16(4)20-13-18-11-14(2)10-15(3)12-18/h6-12,16,20H,5,13H2,1-4H3. The van der Waals surface area contributed by atoms with E-state index in [4.69, 9.17) is 0 Å². The van der Waals surface area contributed by atoms with E-state index in [0.29, 0.717) is 6.04 Å². The summed E-state index contributed by atoms with van der Waals surface area (Å²) in [4.78, 5) is 0. The Balaban J connectivity index is 1.98. The van der Waals surface area contributed by atoms with Crippen molar-refractivity contribution in [2.75, 3.05) is 0 Å². The normalized spacial score (nSPS) is 12.4. The van der Waals surface area contributed by atoms with Gasteiger partial charge in [0.25, 0.3) is 0 Å². The second kappa shape index (κ2) is 6.71. The monoisotopic (exact) mass is 267 g/mol. The zero-order chi connectivity index (χ0) is 14.5. The first-order chi connectivity index (χ1) is 9.58. The van der Waals surface area contributed by atoms with Crippen LogP contribution >= 0.6 is 0 Å². The molecular formula is C19H25N. The molecule has 0 amide bonds. The van der Waals surface area contributed by atoms with Crippen LogP contribution in [0.4, 0.5) is 0 Å². The second-order valence-electron chi connectivity index (χ2n) is 5.69. The minimum absolute atomic E-state index is 0.377. The topological polar surface area (TPSA) is 12.0 Å². The fourth-order valence-electron chi connectivity index (χ4n) is 2.60. The Morgan fingerprint density at radius 1 is 0.900 bits per heavy atom. The van der Waals surface area contributed by atoms with Gasteiger partial charge in [-0.15, -0.1) is 0 Å². The molecule has 0 fully saturated rings. The highest BCUT2D eigenvalue weighted by molar-refractivity contribution is 5.29. The van der Waals surface area contributed by atoms with Gasteiger partial charge in [0, 0.05) is 12.6 Å². The summed E-state index contributed by atoms with van der Waals surface area (Å²) in [6, 6.07) is 16.0. The van der Waals surface area contributed by atoms with E-state index in [9.17, 15) is 0 Å². The van der Waals surface area contributed by atoms with Crippen LogP contribution in [0, 0.1) is 13.8 Å². The first-order valence-corrected chi connectivity index (χ1v) is 7.48. The van der Waals surface area contributed by atoms with E-state index in [0.717, 1.165) is 13.0 Å². The Kier molecular flexibility index (Phi) is 4.97. The molecule has 0 radical (unpaired) electrons. The Morgan fingerprint density at radius 3 is 2.05 bits per heavy atom. The van der Waals surface area contributed by atoms with Crippen LogP contribution in [0.1, 0.15) is 47.7 Å². The third-order valence-electron chi connectivity index (χ3n) is 3.78. The van der Waals surface area contributed by atoms with Crippen molar-refractivity contribution in [3.63, 3.8) is 0 Å². The fourth-order valence-corrected chi connectivity index (χ4v) is 2.60. The maximum absolute atomic E-state index is 3.61. The molecule has 2 aromatic rings. The van der Waals surface area contributed by atoms with Crippen molar-refractivity contribution >= 4 is 0 Å². The van der Waals surface area contributed by atoms with Gasteiger partial charge in [0.1, 0.15) is 0 Å². The summed E-state index contributed by atoms with van der Waals surface area (Å²) in [5.41, 5.74) is 6.78. The van der Waals surface area contributed by atoms with Crippen molar-refractivity contribution in [1.82, 2.24) is 5.32 Å². The molecule has 2 rings (SSSR count). The van der Waals surface area contributed by atoms with Gasteiger partial charge in [-0.1, -0.05) is 60.5 Å². The molecule has 1 unspecified atom stereocenters. The Labute approximate surface area is 123 Å². The molecule has 1 nitrogen and oxygen atoms in total. The van der Waals surface area contributed by atoms with E-state index < -0.39 is 0 Å². The molecule has 1 heteroatoms. The van der Waals surface area contributed by atoms with E-state index in [1.165, 1.54) is 27.8 Å². The molecule has 0 heterocycles. The predicted octanol–water partition coefficient (Wildman–Crippen LogP) is 4.72. The van der Waals surface area contributed by atoms with E-state index in [1.54, 1.807) is 0 Å². The summed E-state index contributed by atoms with van der Waals surface area (Å²) in [5, 5.41) is 3.61. The average Bonchev–Trinajstić information content (AvgIpc) is 2.44. The number of hydrogen-bond donors (Lipinski definition) is 1. The zero-order valence-electron chi connectivity index (χ0n) is 13.0. The van der Waals surface area contributed by atoms with Crippen molar-refractivity contribution in [2.45, 2.75) is 46.7 Å². The lowest BCUT2D eigenvalue weighted by Crippen LogP contribution is -2.18. The highest BCUT2D eigenvalue weighted by Crippen LogP contribution is 2.15. The molecule has 1 N–H and O–H groups in total. The summed E-state index contributed by atoms with van der Waals surface area (Å²) in [5.74, 6) is 0. The van der Waals surface area contributed by atoms with Crippen LogP contribution < -0.4 is 5.32 Å². The maximum atomic E-state index is 3.61. The van der Waals surface area contributed by atoms with E-state index in [-0.39, 0.29) is 0 Å². The molecule has 20 heavy (non-hydrogen) atoms. The average molecular weight is 267 g/mol. The van der Waals surface area contributed by atoms with Gasteiger partial charge >= 0.3 is 0 Å². The van der Waals surface area contributed by atoms with Gasteiger partial charge in [0.15, 0.2) is 0 Å². The first kappa shape index (κ1) is 14.8. The van der Waals surface area contributed by atoms with Gasteiger partial charge in [-0.25, -0.2) is 0 Å². The minimum Gasteiger partial charge on any atom is -0.306 e. The largest absolute Gasteiger partial charge is 0.306 e. The Morgan fingerprint density at radius 2 is 1.50 bits per heavy atom. The van der Waals surface area contributed by atoms with E-state index >= 15 is 0 Å². The molecule has 0 saturated heterocycles. The lowest BCUT2D eigenvalue weighted by Gasteiger charge is -2.15. The summed E-state index contributed by atoms with van der Waals surface area (Å²) >= 11 is 0. The molecule has 0 spiro atoms. The third kappa shape index (κ3) is 3.94. The highest BCUT2D eigenvalue weighted by atomic mass is 14.9. The van der Waals surface area contributed by atoms with Crippen LogP contribution in [0.2, 0.25) is 0 Å². The Bertz CT molecular complexity index is 534. The lowest BCUT2D eigenvalue weighted by molar-refractivity contribution is 0.574. The van der Waals surface area contributed by atoms with E-state index in [2.05, 4.69) is 75.5 Å². The van der Waals surface area contributed by atoms with Gasteiger partial charge in [-0.2, -0.15) is 0 Å². The van der Waals surface area contributed by atoms with Crippen molar-refractivity contribution in [2.24, 2.45) is 0 Å². The van der Waals surface area contributed by atoms with Gasteiger partial charge in [0.2, 0.25) is 0 Å². The Hall–Kier alpha value is -1.60. The summed E-state index contributed by atoms with van der Waals surface area (Å²) in [6.45, 7) is 9.65. The van der Waals surface area contributed by atoms with Crippen LogP contribution in [-0.4, -0.2) is 0 Å². The molecule has 1 atom stereocenters. The van der Waals surface area contributed by atoms with Crippen LogP contribution in [-0.2, 0) is 13.0 Å². The highest BCUT2D eigenvalue weighted by Gasteiger charge is 2.05. The number of hydrogen-bond acceptors (Lipinski definition) is 1. The van der Waals surface area contributed by atoms with Gasteiger partial charge in [0.05, 0.1) is 0 Å². The number of aryl methyl sites for hydroxylation is 3. The number of benzene rings is 2. The quantitative estimate of drug-likeness (QED) is 0.826. The van der Waals surface area contributed by atoms with Gasteiger partial charge < -0.3 is 5.32 Å². The molecule has 0 saturated carbocycles. The predicted molar refractivity (Wildman–Crippen MR) is 87.0 cm³/mol. The van der Waals surface area contributed by atoms with Crippen molar-refractivity contribution in [3.8, 4) is 0 Å². The molecule has 0 aliphatic carbocycles. The molecule has 2 aromatic carbocycles. The van der Waals surface area contributed by atoms with Crippen LogP contribution in [0.5, 0.6) is 0 Å². The summed E-state index contributed by atoms with van der Waals surface area (Å²) in [6.07, 6.45) is 1.10. The number of rotatable bonds is 5. The maximum Gasteiger partial charge on any atom is 0.0294 e. The van der Waals surface area contributed by atoms with Crippen molar-refractivity contribution < 1.29 is 0 Å². The van der Waals surface area contributed by atoms with Crippen LogP contribution in [0.25, 0.3) is 0 Å². The van der Waals surface area contributed by atoms with Gasteiger partial charge in [-0.3, -0.25) is 0 Å². The SMILES string of the molecule is CCc1ccc(C(C)NCc2cc(C)cc(C)c2)cc1. The van der Waals surface area contributed by atoms with Crippen molar-refractivity contribution in [1.29, 1.82) is 0 Å². The van der Waals surface area contributed by atoms with Gasteiger partial charge in [-0.05, 0) is 43.9 Å². The lowest BCUT2D eigenvalue weighted by atomic mass is 10.0. The molecule has 106 valence electrons. The van der Waals surface area contributed by atoms with Crippen LogP contribution in [0.3, 0.4) is 0 Å². The summed E-state index contributed by atoms with van der Waals surface area (Å²) < 4.78 is 0. The van der Waals surface area contributed by atoms with E-state index in [1.807, 2.05) is 0 Å². The van der Waals surface area contributed by atoms with Crippen LogP contribution in [0.15, 0.2) is 42.5 Å². The number of nitrogens with one attached hydrogen (secondary N) is 1. The smallest absolute Gasteiger partial charge is 0.0294 e. The molecule has 0 bridgehead atoms. The fraction of sp³-hybridized carbons (Fsp3) is 0.368. The molecule has 0 aliphatic heterocycles. The van der Waals surface area contributed by atoms with Crippen molar-refractivity contribution in [3.05, 3.63) is 70.3 Å². The molecule has 0 aliphatic rings. The zero-order valence-corrected chi connectivity index (χ0v) is 13.0. The molecular weight excluding hydrogens is 242 g/mol. The first-order valence-electron chi connectivity index (χ1n) is 7.48. The summed E-state index contributed by atoms with van der Waals surface area (Å²) in [7, 11) is 0. The second-order valence-corrected chi connectivity index (χ2v) is 5.69. The third-order valence-corrected chi connectivity index (χ3v) is 3.78. The minimum atomic E-state index is 0.377. The molecule has 0 aromatic heterocycles.